The predicted molar refractivity (Wildman–Crippen MR) is 105 cm³/mol. The second-order valence-electron chi connectivity index (χ2n) is 6.42. The summed E-state index contributed by atoms with van der Waals surface area (Å²) in [7, 11) is 3.34. The van der Waals surface area contributed by atoms with Crippen molar-refractivity contribution in [2.75, 3.05) is 14.2 Å². The Morgan fingerprint density at radius 2 is 1.85 bits per heavy atom. The van der Waals surface area contributed by atoms with Crippen LogP contribution in [0.1, 0.15) is 22.6 Å². The van der Waals surface area contributed by atoms with Gasteiger partial charge in [-0.05, 0) is 55.8 Å². The zero-order valence-corrected chi connectivity index (χ0v) is 15.3. The number of benzene rings is 1. The number of aromatic amines is 2. The molecule has 1 aromatic carbocycles. The van der Waals surface area contributed by atoms with Crippen molar-refractivity contribution in [1.29, 1.82) is 0 Å². The van der Waals surface area contributed by atoms with E-state index >= 15 is 0 Å². The number of ether oxygens (including phenoxy) is 2. The Morgan fingerprint density at radius 1 is 1.00 bits per heavy atom. The molecule has 1 aliphatic rings. The topological polar surface area (TPSA) is 62.4 Å². The van der Waals surface area contributed by atoms with E-state index in [1.807, 2.05) is 37.3 Å². The van der Waals surface area contributed by atoms with Crippen molar-refractivity contribution in [3.8, 4) is 5.75 Å². The molecule has 2 N–H and O–H groups in total. The van der Waals surface area contributed by atoms with Crippen LogP contribution < -0.4 is 4.74 Å². The molecule has 0 atom stereocenters. The van der Waals surface area contributed by atoms with Crippen LogP contribution in [0.5, 0.6) is 5.75 Å². The second kappa shape index (κ2) is 6.26. The van der Waals surface area contributed by atoms with E-state index in [9.17, 15) is 0 Å². The van der Waals surface area contributed by atoms with Gasteiger partial charge in [-0.1, -0.05) is 0 Å². The van der Waals surface area contributed by atoms with Crippen LogP contribution in [0, 0.1) is 13.8 Å². The quantitative estimate of drug-likeness (QED) is 0.730. The van der Waals surface area contributed by atoms with Crippen molar-refractivity contribution in [3.05, 3.63) is 70.5 Å². The van der Waals surface area contributed by atoms with Gasteiger partial charge >= 0.3 is 0 Å². The normalized spacial score (nSPS) is 15.5. The average Bonchev–Trinajstić information content (AvgIpc) is 3.31. The lowest BCUT2D eigenvalue weighted by Crippen LogP contribution is -1.93. The minimum atomic E-state index is 0.753. The molecule has 0 unspecified atom stereocenters. The van der Waals surface area contributed by atoms with Gasteiger partial charge in [-0.15, -0.1) is 0 Å². The van der Waals surface area contributed by atoms with Gasteiger partial charge in [0.05, 0.1) is 25.6 Å². The van der Waals surface area contributed by atoms with E-state index in [1.165, 1.54) is 5.56 Å². The average molecular weight is 347 g/mol. The van der Waals surface area contributed by atoms with Crippen LogP contribution in [-0.4, -0.2) is 29.9 Å². The molecule has 0 radical (unpaired) electrons. The van der Waals surface area contributed by atoms with Gasteiger partial charge in [0, 0.05) is 28.4 Å². The first-order valence-electron chi connectivity index (χ1n) is 8.47. The summed E-state index contributed by atoms with van der Waals surface area (Å²) in [5.41, 5.74) is 7.02. The molecule has 26 heavy (non-hydrogen) atoms. The highest BCUT2D eigenvalue weighted by molar-refractivity contribution is 6.13. The van der Waals surface area contributed by atoms with Crippen molar-refractivity contribution in [2.24, 2.45) is 4.99 Å². The minimum Gasteiger partial charge on any atom is -0.497 e. The Kier molecular flexibility index (Phi) is 3.92. The van der Waals surface area contributed by atoms with E-state index < -0.39 is 0 Å². The third-order valence-corrected chi connectivity index (χ3v) is 4.56. The summed E-state index contributed by atoms with van der Waals surface area (Å²) in [5.74, 6) is 1.59. The third-order valence-electron chi connectivity index (χ3n) is 4.56. The fraction of sp³-hybridized carbons (Fsp3) is 0.190. The lowest BCUT2D eigenvalue weighted by Gasteiger charge is -2.01. The maximum atomic E-state index is 5.54. The number of aryl methyl sites for hydroxylation is 2. The number of hydrogen-bond donors (Lipinski definition) is 2. The molecule has 0 saturated carbocycles. The summed E-state index contributed by atoms with van der Waals surface area (Å²) in [6.45, 7) is 4.13. The molecule has 4 rings (SSSR count). The number of hydrogen-bond acceptors (Lipinski definition) is 3. The van der Waals surface area contributed by atoms with Crippen LogP contribution in [0.15, 0.2) is 52.9 Å². The van der Waals surface area contributed by atoms with Crippen molar-refractivity contribution in [3.63, 3.8) is 0 Å². The van der Waals surface area contributed by atoms with Crippen molar-refractivity contribution in [1.82, 2.24) is 9.97 Å². The van der Waals surface area contributed by atoms with Crippen LogP contribution >= 0.6 is 0 Å². The van der Waals surface area contributed by atoms with Crippen molar-refractivity contribution >= 4 is 22.7 Å². The lowest BCUT2D eigenvalue weighted by atomic mass is 10.2. The monoisotopic (exact) mass is 347 g/mol. The van der Waals surface area contributed by atoms with Gasteiger partial charge in [0.1, 0.15) is 17.2 Å². The minimum absolute atomic E-state index is 0.753. The second-order valence-corrected chi connectivity index (χ2v) is 6.42. The molecule has 2 aromatic heterocycles. The van der Waals surface area contributed by atoms with Crippen LogP contribution in [0.25, 0.3) is 17.0 Å². The van der Waals surface area contributed by atoms with Crippen molar-refractivity contribution < 1.29 is 9.47 Å². The SMILES string of the molecule is COC1=CC(c2cc3cc(OC)ccc3[nH]2)=N/C1=C\c1[nH]c(C)cc1C. The molecule has 132 valence electrons. The van der Waals surface area contributed by atoms with E-state index in [0.717, 1.165) is 50.9 Å². The zero-order valence-electron chi connectivity index (χ0n) is 15.3. The number of aromatic nitrogens is 2. The number of methoxy groups -OCH3 is 2. The maximum absolute atomic E-state index is 5.54. The number of H-pyrrole nitrogens is 2. The van der Waals surface area contributed by atoms with E-state index in [2.05, 4.69) is 29.0 Å². The first-order chi connectivity index (χ1) is 12.6. The molecule has 1 aliphatic heterocycles. The highest BCUT2D eigenvalue weighted by Gasteiger charge is 2.18. The van der Waals surface area contributed by atoms with E-state index in [0.29, 0.717) is 0 Å². The summed E-state index contributed by atoms with van der Waals surface area (Å²) in [5, 5.41) is 1.09. The Hall–Kier alpha value is -3.21. The maximum Gasteiger partial charge on any atom is 0.146 e. The van der Waals surface area contributed by atoms with E-state index in [4.69, 9.17) is 14.5 Å². The van der Waals surface area contributed by atoms with E-state index in [-0.39, 0.29) is 0 Å². The summed E-state index contributed by atoms with van der Waals surface area (Å²) < 4.78 is 10.8. The lowest BCUT2D eigenvalue weighted by molar-refractivity contribution is 0.303. The molecule has 0 spiro atoms. The van der Waals surface area contributed by atoms with Gasteiger partial charge in [0.25, 0.3) is 0 Å². The van der Waals surface area contributed by atoms with E-state index in [1.54, 1.807) is 14.2 Å². The Labute approximate surface area is 152 Å². The van der Waals surface area contributed by atoms with Crippen LogP contribution in [0.3, 0.4) is 0 Å². The fourth-order valence-electron chi connectivity index (χ4n) is 3.23. The molecule has 5 heteroatoms. The van der Waals surface area contributed by atoms with Crippen LogP contribution in [0.2, 0.25) is 0 Å². The molecule has 0 bridgehead atoms. The third kappa shape index (κ3) is 2.81. The molecule has 0 amide bonds. The summed E-state index contributed by atoms with van der Waals surface area (Å²) in [6.07, 6.45) is 3.98. The Balaban J connectivity index is 1.75. The number of rotatable bonds is 4. The molecule has 5 nitrogen and oxygen atoms in total. The molecular formula is C21H21N3O2. The van der Waals surface area contributed by atoms with Crippen molar-refractivity contribution in [2.45, 2.75) is 13.8 Å². The predicted octanol–water partition coefficient (Wildman–Crippen LogP) is 4.50. The fourth-order valence-corrected chi connectivity index (χ4v) is 3.23. The van der Waals surface area contributed by atoms with Gasteiger partial charge in [-0.3, -0.25) is 0 Å². The number of aliphatic imine (C=N–C) groups is 1. The molecule has 3 heterocycles. The number of nitrogens with zero attached hydrogens (tertiary/aromatic N) is 1. The Morgan fingerprint density at radius 3 is 2.54 bits per heavy atom. The summed E-state index contributed by atoms with van der Waals surface area (Å²) >= 11 is 0. The molecular weight excluding hydrogens is 326 g/mol. The van der Waals surface area contributed by atoms with Gasteiger partial charge < -0.3 is 19.4 Å². The van der Waals surface area contributed by atoms with Gasteiger partial charge in [-0.2, -0.15) is 0 Å². The highest BCUT2D eigenvalue weighted by atomic mass is 16.5. The number of nitrogens with one attached hydrogen (secondary N) is 2. The Bertz CT molecular complexity index is 1080. The highest BCUT2D eigenvalue weighted by Crippen LogP contribution is 2.28. The standard InChI is InChI=1S/C21H21N3O2/c1-12-7-13(2)22-17(12)10-20-21(26-4)11-19(24-20)18-9-14-8-15(25-3)5-6-16(14)23-18/h5-11,22-23H,1-4H3/b20-10-. The zero-order chi connectivity index (χ0) is 18.3. The first-order valence-corrected chi connectivity index (χ1v) is 8.47. The summed E-state index contributed by atoms with van der Waals surface area (Å²) in [6, 6.07) is 10.2. The first kappa shape index (κ1) is 16.3. The summed E-state index contributed by atoms with van der Waals surface area (Å²) in [4.78, 5) is 11.5. The molecule has 3 aromatic rings. The van der Waals surface area contributed by atoms with Crippen LogP contribution in [-0.2, 0) is 4.74 Å². The number of fused-ring (bicyclic) bond motifs is 1. The molecule has 0 fully saturated rings. The van der Waals surface area contributed by atoms with Gasteiger partial charge in [0.15, 0.2) is 0 Å². The smallest absolute Gasteiger partial charge is 0.146 e. The molecule has 0 saturated heterocycles. The molecule has 0 aliphatic carbocycles. The van der Waals surface area contributed by atoms with Gasteiger partial charge in [0.2, 0.25) is 0 Å². The largest absolute Gasteiger partial charge is 0.497 e. The van der Waals surface area contributed by atoms with Crippen LogP contribution in [0.4, 0.5) is 0 Å². The number of allylic oxidation sites excluding steroid dienone is 1. The van der Waals surface area contributed by atoms with Gasteiger partial charge in [-0.25, -0.2) is 4.99 Å².